The molecular weight excluding hydrogens is 191 g/mol. The molecular formula is C13H11FO. The summed E-state index contributed by atoms with van der Waals surface area (Å²) in [5.41, 5.74) is 1.04. The van der Waals surface area contributed by atoms with Gasteiger partial charge in [-0.1, -0.05) is 24.8 Å². The fourth-order valence-electron chi connectivity index (χ4n) is 1.36. The smallest absolute Gasteiger partial charge is 0.129 e. The topological polar surface area (TPSA) is 20.2 Å². The van der Waals surface area contributed by atoms with Crippen molar-refractivity contribution in [2.75, 3.05) is 0 Å². The molecule has 0 heterocycles. The maximum absolute atomic E-state index is 13.4. The first-order chi connectivity index (χ1) is 7.14. The lowest BCUT2D eigenvalue weighted by Crippen LogP contribution is -2.23. The van der Waals surface area contributed by atoms with Crippen LogP contribution in [0.5, 0.6) is 0 Å². The lowest BCUT2D eigenvalue weighted by Gasteiger charge is -2.22. The molecule has 0 aliphatic carbocycles. The summed E-state index contributed by atoms with van der Waals surface area (Å²) < 4.78 is 13.4. The molecule has 76 valence electrons. The fourth-order valence-corrected chi connectivity index (χ4v) is 1.36. The zero-order valence-corrected chi connectivity index (χ0v) is 8.20. The molecule has 0 spiro atoms. The minimum absolute atomic E-state index is 0.0174. The van der Waals surface area contributed by atoms with Gasteiger partial charge >= 0.3 is 0 Å². The first-order valence-corrected chi connectivity index (χ1v) is 4.42. The molecule has 1 atom stereocenters. The van der Waals surface area contributed by atoms with E-state index in [1.54, 1.807) is 12.1 Å². The van der Waals surface area contributed by atoms with Gasteiger partial charge in [0.2, 0.25) is 0 Å². The number of benzene rings is 1. The summed E-state index contributed by atoms with van der Waals surface area (Å²) in [6.45, 7) is 3.35. The molecule has 0 radical (unpaired) electrons. The molecule has 0 aliphatic heterocycles. The number of halogens is 1. The molecule has 0 amide bonds. The van der Waals surface area contributed by atoms with E-state index in [9.17, 15) is 9.50 Å². The summed E-state index contributed by atoms with van der Waals surface area (Å²) in [4.78, 5) is 0. The van der Waals surface area contributed by atoms with Crippen molar-refractivity contribution in [2.45, 2.75) is 12.0 Å². The van der Waals surface area contributed by atoms with Crippen molar-refractivity contribution >= 4 is 0 Å². The highest BCUT2D eigenvalue weighted by atomic mass is 19.1. The zero-order chi connectivity index (χ0) is 11.3. The Kier molecular flexibility index (Phi) is 3.46. The van der Waals surface area contributed by atoms with Gasteiger partial charge in [-0.15, -0.1) is 18.1 Å². The molecule has 0 aliphatic rings. The minimum atomic E-state index is -1.53. The summed E-state index contributed by atoms with van der Waals surface area (Å²) >= 11 is 0. The van der Waals surface area contributed by atoms with E-state index < -0.39 is 11.4 Å². The zero-order valence-electron chi connectivity index (χ0n) is 8.20. The van der Waals surface area contributed by atoms with Gasteiger partial charge in [0.1, 0.15) is 11.4 Å². The van der Waals surface area contributed by atoms with Gasteiger partial charge in [-0.05, 0) is 12.1 Å². The Morgan fingerprint density at radius 3 is 2.73 bits per heavy atom. The lowest BCUT2D eigenvalue weighted by atomic mass is 9.90. The average Bonchev–Trinajstić information content (AvgIpc) is 2.19. The number of terminal acetylenes is 1. The van der Waals surface area contributed by atoms with Crippen LogP contribution in [0, 0.1) is 18.2 Å². The standard InChI is InChI=1S/C13H11FO/c1-3-9-13(15,10-4-2)11-7-5-6-8-12(11)14/h1,5-8,10,15H,2,9H2. The second-order valence-corrected chi connectivity index (χ2v) is 3.13. The Morgan fingerprint density at radius 1 is 1.53 bits per heavy atom. The second-order valence-electron chi connectivity index (χ2n) is 3.13. The SMILES string of the molecule is C#CCC(O)(C=C=C)c1ccccc1F. The molecule has 0 bridgehead atoms. The van der Waals surface area contributed by atoms with Crippen molar-refractivity contribution < 1.29 is 9.50 Å². The predicted molar refractivity (Wildman–Crippen MR) is 57.5 cm³/mol. The minimum Gasteiger partial charge on any atom is -0.379 e. The Bertz CT molecular complexity index is 438. The predicted octanol–water partition coefficient (Wildman–Crippen LogP) is 2.38. The third-order valence-electron chi connectivity index (χ3n) is 2.05. The van der Waals surface area contributed by atoms with Crippen molar-refractivity contribution in [1.29, 1.82) is 0 Å². The number of rotatable bonds is 3. The van der Waals surface area contributed by atoms with E-state index in [1.165, 1.54) is 18.2 Å². The maximum atomic E-state index is 13.4. The molecule has 0 saturated heterocycles. The van der Waals surface area contributed by atoms with Crippen LogP contribution in [0.2, 0.25) is 0 Å². The van der Waals surface area contributed by atoms with E-state index >= 15 is 0 Å². The number of aliphatic hydroxyl groups is 1. The highest BCUT2D eigenvalue weighted by Crippen LogP contribution is 2.28. The largest absolute Gasteiger partial charge is 0.379 e. The third-order valence-corrected chi connectivity index (χ3v) is 2.05. The van der Waals surface area contributed by atoms with Crippen LogP contribution >= 0.6 is 0 Å². The molecule has 1 N–H and O–H groups in total. The average molecular weight is 202 g/mol. The summed E-state index contributed by atoms with van der Waals surface area (Å²) in [6, 6.07) is 5.94. The van der Waals surface area contributed by atoms with Crippen LogP contribution in [0.3, 0.4) is 0 Å². The van der Waals surface area contributed by atoms with E-state index in [-0.39, 0.29) is 12.0 Å². The van der Waals surface area contributed by atoms with Gasteiger partial charge in [0.15, 0.2) is 0 Å². The molecule has 1 aromatic rings. The van der Waals surface area contributed by atoms with Crippen LogP contribution < -0.4 is 0 Å². The molecule has 0 fully saturated rings. The van der Waals surface area contributed by atoms with Gasteiger partial charge in [0, 0.05) is 12.0 Å². The van der Waals surface area contributed by atoms with E-state index in [1.807, 2.05) is 0 Å². The Labute approximate surface area is 88.6 Å². The summed E-state index contributed by atoms with van der Waals surface area (Å²) in [5, 5.41) is 10.1. The Hall–Kier alpha value is -1.81. The quantitative estimate of drug-likeness (QED) is 0.589. The van der Waals surface area contributed by atoms with Crippen LogP contribution in [0.25, 0.3) is 0 Å². The van der Waals surface area contributed by atoms with Gasteiger partial charge in [-0.3, -0.25) is 0 Å². The van der Waals surface area contributed by atoms with Crippen LogP contribution in [-0.2, 0) is 5.60 Å². The van der Waals surface area contributed by atoms with Gasteiger partial charge in [0.25, 0.3) is 0 Å². The monoisotopic (exact) mass is 202 g/mol. The fraction of sp³-hybridized carbons (Fsp3) is 0.154. The van der Waals surface area contributed by atoms with Crippen molar-refractivity contribution in [3.63, 3.8) is 0 Å². The normalized spacial score (nSPS) is 13.4. The van der Waals surface area contributed by atoms with E-state index in [4.69, 9.17) is 6.42 Å². The van der Waals surface area contributed by atoms with Crippen LogP contribution in [0.1, 0.15) is 12.0 Å². The van der Waals surface area contributed by atoms with Gasteiger partial charge in [-0.25, -0.2) is 4.39 Å². The van der Waals surface area contributed by atoms with Crippen LogP contribution in [-0.4, -0.2) is 5.11 Å². The summed E-state index contributed by atoms with van der Waals surface area (Å²) in [6.07, 6.45) is 6.38. The van der Waals surface area contributed by atoms with E-state index in [2.05, 4.69) is 18.2 Å². The van der Waals surface area contributed by atoms with Gasteiger partial charge in [-0.2, -0.15) is 0 Å². The molecule has 1 unspecified atom stereocenters. The lowest BCUT2D eigenvalue weighted by molar-refractivity contribution is 0.0914. The van der Waals surface area contributed by atoms with Crippen LogP contribution in [0.4, 0.5) is 4.39 Å². The van der Waals surface area contributed by atoms with Crippen molar-refractivity contribution in [1.82, 2.24) is 0 Å². The number of hydrogen-bond donors (Lipinski definition) is 1. The van der Waals surface area contributed by atoms with E-state index in [0.29, 0.717) is 0 Å². The van der Waals surface area contributed by atoms with Crippen molar-refractivity contribution in [2.24, 2.45) is 0 Å². The van der Waals surface area contributed by atoms with Crippen molar-refractivity contribution in [3.8, 4) is 12.3 Å². The molecule has 1 nitrogen and oxygen atoms in total. The Balaban J connectivity index is 3.28. The first-order valence-electron chi connectivity index (χ1n) is 4.42. The van der Waals surface area contributed by atoms with Gasteiger partial charge < -0.3 is 5.11 Å². The van der Waals surface area contributed by atoms with Crippen LogP contribution in [0.15, 0.2) is 42.7 Å². The van der Waals surface area contributed by atoms with Gasteiger partial charge in [0.05, 0.1) is 0 Å². The molecule has 1 aromatic carbocycles. The van der Waals surface area contributed by atoms with Crippen molar-refractivity contribution in [3.05, 3.63) is 54.0 Å². The number of hydrogen-bond acceptors (Lipinski definition) is 1. The molecule has 15 heavy (non-hydrogen) atoms. The summed E-state index contributed by atoms with van der Waals surface area (Å²) in [7, 11) is 0. The highest BCUT2D eigenvalue weighted by molar-refractivity contribution is 5.30. The highest BCUT2D eigenvalue weighted by Gasteiger charge is 2.27. The molecule has 0 saturated carbocycles. The molecule has 2 heteroatoms. The van der Waals surface area contributed by atoms with E-state index in [0.717, 1.165) is 0 Å². The molecule has 0 aromatic heterocycles. The first kappa shape index (κ1) is 11.3. The summed E-state index contributed by atoms with van der Waals surface area (Å²) in [5.74, 6) is 1.80. The molecule has 1 rings (SSSR count). The maximum Gasteiger partial charge on any atom is 0.129 e. The Morgan fingerprint density at radius 2 is 2.20 bits per heavy atom. The third kappa shape index (κ3) is 2.35. The second kappa shape index (κ2) is 4.61.